The zero-order chi connectivity index (χ0) is 25.6. The molecule has 9 nitrogen and oxygen atoms in total. The Morgan fingerprint density at radius 2 is 1.97 bits per heavy atom. The fourth-order valence-electron chi connectivity index (χ4n) is 3.62. The quantitative estimate of drug-likeness (QED) is 0.496. The molecule has 12 heteroatoms. The lowest BCUT2D eigenvalue weighted by molar-refractivity contribution is 0.0602. The van der Waals surface area contributed by atoms with Crippen molar-refractivity contribution < 1.29 is 17.9 Å². The molecule has 0 bridgehead atoms. The van der Waals surface area contributed by atoms with Crippen LogP contribution in [0.5, 0.6) is 0 Å². The minimum absolute atomic E-state index is 0.136. The average Bonchev–Trinajstić information content (AvgIpc) is 3.38. The van der Waals surface area contributed by atoms with E-state index in [0.717, 1.165) is 20.4 Å². The number of hydrogen-bond acceptors (Lipinski definition) is 6. The van der Waals surface area contributed by atoms with E-state index in [9.17, 15) is 13.2 Å². The number of thiophene rings is 1. The van der Waals surface area contributed by atoms with Gasteiger partial charge in [0.15, 0.2) is 0 Å². The van der Waals surface area contributed by atoms with E-state index in [-0.39, 0.29) is 11.7 Å². The molecule has 1 aromatic carbocycles. The second-order valence-corrected chi connectivity index (χ2v) is 12.9. The van der Waals surface area contributed by atoms with E-state index in [1.807, 2.05) is 30.3 Å². The first-order valence-corrected chi connectivity index (χ1v) is 13.5. The van der Waals surface area contributed by atoms with Crippen molar-refractivity contribution in [2.75, 3.05) is 12.8 Å². The maximum Gasteiger partial charge on any atom is 0.437 e. The number of imidazole rings is 1. The molecule has 2 N–H and O–H groups in total. The molecule has 1 aliphatic heterocycles. The van der Waals surface area contributed by atoms with Crippen molar-refractivity contribution >= 4 is 45.0 Å². The Balaban J connectivity index is 1.68. The van der Waals surface area contributed by atoms with Gasteiger partial charge in [0.25, 0.3) is 0 Å². The van der Waals surface area contributed by atoms with Gasteiger partial charge in [-0.2, -0.15) is 0 Å². The molecule has 35 heavy (non-hydrogen) atoms. The number of amides is 1. The van der Waals surface area contributed by atoms with Crippen molar-refractivity contribution in [2.24, 2.45) is 4.99 Å². The van der Waals surface area contributed by atoms with Gasteiger partial charge in [-0.3, -0.25) is 0 Å². The molecule has 1 amide bonds. The number of sulfonamides is 1. The number of H-pyrrole nitrogens is 1. The summed E-state index contributed by atoms with van der Waals surface area (Å²) in [7, 11) is -2.47. The number of benzene rings is 1. The predicted molar refractivity (Wildman–Crippen MR) is 138 cm³/mol. The van der Waals surface area contributed by atoms with Crippen molar-refractivity contribution in [1.82, 2.24) is 19.6 Å². The predicted octanol–water partition coefficient (Wildman–Crippen LogP) is 4.83. The molecular weight excluding hydrogens is 510 g/mol. The molecule has 4 rings (SSSR count). The Labute approximate surface area is 213 Å². The average molecular weight is 536 g/mol. The molecule has 0 aliphatic carbocycles. The summed E-state index contributed by atoms with van der Waals surface area (Å²) in [6, 6.07) is 11.5. The van der Waals surface area contributed by atoms with Crippen LogP contribution in [0.15, 0.2) is 47.6 Å². The highest BCUT2D eigenvalue weighted by Gasteiger charge is 2.45. The second-order valence-electron chi connectivity index (χ2n) is 9.40. The van der Waals surface area contributed by atoms with Crippen molar-refractivity contribution in [1.29, 1.82) is 0 Å². The van der Waals surface area contributed by atoms with Crippen molar-refractivity contribution in [3.05, 3.63) is 52.5 Å². The lowest BCUT2D eigenvalue weighted by Gasteiger charge is -2.39. The molecule has 1 atom stereocenters. The number of ether oxygens (including phenoxy) is 1. The highest BCUT2D eigenvalue weighted by molar-refractivity contribution is 7.89. The number of nitrogens with zero attached hydrogens (tertiary/aromatic N) is 3. The molecule has 1 aliphatic rings. The van der Waals surface area contributed by atoms with Crippen LogP contribution in [-0.4, -0.2) is 53.1 Å². The van der Waals surface area contributed by atoms with Crippen LogP contribution in [0.1, 0.15) is 32.6 Å². The molecule has 0 radical (unpaired) electrons. The first kappa shape index (κ1) is 25.2. The van der Waals surface area contributed by atoms with Crippen LogP contribution in [0.3, 0.4) is 0 Å². The van der Waals surface area contributed by atoms with Crippen LogP contribution in [-0.2, 0) is 20.3 Å². The van der Waals surface area contributed by atoms with Crippen LogP contribution in [0.4, 0.5) is 4.79 Å². The topological polar surface area (TPSA) is 117 Å². The van der Waals surface area contributed by atoms with Gasteiger partial charge in [-0.1, -0.05) is 41.9 Å². The molecule has 0 unspecified atom stereocenters. The van der Waals surface area contributed by atoms with E-state index in [0.29, 0.717) is 15.7 Å². The van der Waals surface area contributed by atoms with E-state index in [1.165, 1.54) is 18.4 Å². The highest BCUT2D eigenvalue weighted by Crippen LogP contribution is 2.42. The number of hydrogen-bond donors (Lipinski definition) is 2. The zero-order valence-electron chi connectivity index (χ0n) is 19.9. The van der Waals surface area contributed by atoms with Gasteiger partial charge in [0.2, 0.25) is 16.0 Å². The molecule has 3 aromatic rings. The summed E-state index contributed by atoms with van der Waals surface area (Å²) >= 11 is 7.92. The first-order valence-electron chi connectivity index (χ1n) is 10.7. The normalized spacial score (nSPS) is 21.1. The molecular formula is C23H26ClN5O4S2. The molecule has 186 valence electrons. The molecule has 1 fully saturated rings. The smallest absolute Gasteiger partial charge is 0.437 e. The van der Waals surface area contributed by atoms with Gasteiger partial charge in [0, 0.05) is 7.05 Å². The molecule has 0 saturated carbocycles. The van der Waals surface area contributed by atoms with Crippen LogP contribution < -0.4 is 5.32 Å². The summed E-state index contributed by atoms with van der Waals surface area (Å²) in [5.74, 6) is 0.198. The first-order chi connectivity index (χ1) is 16.3. The van der Waals surface area contributed by atoms with E-state index in [4.69, 9.17) is 16.3 Å². The number of nitrogens with one attached hydrogen (secondary N) is 2. The zero-order valence-corrected chi connectivity index (χ0v) is 22.3. The summed E-state index contributed by atoms with van der Waals surface area (Å²) in [5.41, 5.74) is -0.0672. The summed E-state index contributed by atoms with van der Waals surface area (Å²) in [4.78, 5) is 25.3. The monoisotopic (exact) mass is 535 g/mol. The largest absolute Gasteiger partial charge is 0.442 e. The Morgan fingerprint density at radius 1 is 1.29 bits per heavy atom. The maximum absolute atomic E-state index is 13.0. The number of carbonyl (C=O) groups excluding carboxylic acids is 1. The van der Waals surface area contributed by atoms with Gasteiger partial charge in [-0.25, -0.2) is 22.5 Å². The van der Waals surface area contributed by atoms with E-state index in [1.54, 1.807) is 40.0 Å². The minimum atomic E-state index is -3.80. The third-order valence-corrected chi connectivity index (χ3v) is 9.01. The van der Waals surface area contributed by atoms with Gasteiger partial charge < -0.3 is 15.0 Å². The van der Waals surface area contributed by atoms with E-state index >= 15 is 0 Å². The minimum Gasteiger partial charge on any atom is -0.442 e. The fourth-order valence-corrected chi connectivity index (χ4v) is 6.80. The summed E-state index contributed by atoms with van der Waals surface area (Å²) in [6.45, 7) is 6.82. The van der Waals surface area contributed by atoms with Crippen LogP contribution in [0, 0.1) is 0 Å². The van der Waals surface area contributed by atoms with Crippen molar-refractivity contribution in [3.63, 3.8) is 0 Å². The van der Waals surface area contributed by atoms with E-state index in [2.05, 4.69) is 20.3 Å². The summed E-state index contributed by atoms with van der Waals surface area (Å²) < 4.78 is 32.2. The molecule has 3 heterocycles. The SMILES string of the molecule is CN1/C(=N/C(=O)OC(C)(C)C)N[C@](C)(c2sc(-c3ncc(-c4ccccc4)[nH]3)cc2Cl)CS1(=O)=O. The third-order valence-electron chi connectivity index (χ3n) is 5.25. The van der Waals surface area contributed by atoms with Crippen LogP contribution >= 0.6 is 22.9 Å². The van der Waals surface area contributed by atoms with Crippen LogP contribution in [0.2, 0.25) is 5.02 Å². The number of halogens is 1. The number of carbonyl (C=O) groups is 1. The van der Waals surface area contributed by atoms with Gasteiger partial charge in [0.1, 0.15) is 11.4 Å². The number of guanidine groups is 1. The standard InChI is InChI=1S/C23H26ClN5O4S2/c1-22(2,3)33-21(30)27-20-28-23(4,13-35(31,32)29(20)5)18-15(24)11-17(34-18)19-25-12-16(26-19)14-9-7-6-8-10-14/h6-12H,13H2,1-5H3,(H,25,26)(H,27,28,30)/t23-/m0/s1. The van der Waals surface area contributed by atoms with E-state index < -0.39 is 27.3 Å². The Bertz CT molecular complexity index is 1390. The lowest BCUT2D eigenvalue weighted by atomic mass is 10.0. The summed E-state index contributed by atoms with van der Waals surface area (Å²) in [6.07, 6.45) is 0.845. The molecule has 2 aromatic heterocycles. The fraction of sp³-hybridized carbons (Fsp3) is 0.348. The Morgan fingerprint density at radius 3 is 2.63 bits per heavy atom. The summed E-state index contributed by atoms with van der Waals surface area (Å²) in [5, 5.41) is 3.48. The molecule has 1 saturated heterocycles. The Kier molecular flexibility index (Phi) is 6.45. The number of rotatable bonds is 3. The van der Waals surface area contributed by atoms with Crippen molar-refractivity contribution in [3.8, 4) is 22.0 Å². The van der Waals surface area contributed by atoms with Gasteiger partial charge in [-0.15, -0.1) is 16.3 Å². The van der Waals surface area contributed by atoms with Gasteiger partial charge in [-0.05, 0) is 39.3 Å². The van der Waals surface area contributed by atoms with Gasteiger partial charge >= 0.3 is 6.09 Å². The lowest BCUT2D eigenvalue weighted by Crippen LogP contribution is -2.61. The third kappa shape index (κ3) is 5.36. The maximum atomic E-state index is 13.0. The van der Waals surface area contributed by atoms with Gasteiger partial charge in [0.05, 0.1) is 38.0 Å². The Hall–Kier alpha value is -2.89. The van der Waals surface area contributed by atoms with Crippen molar-refractivity contribution in [2.45, 2.75) is 38.8 Å². The highest BCUT2D eigenvalue weighted by atomic mass is 35.5. The second kappa shape index (κ2) is 8.96. The number of aromatic nitrogens is 2. The number of aromatic amines is 1. The number of aliphatic imine (C=N–C) groups is 1. The molecule has 0 spiro atoms. The van der Waals surface area contributed by atoms with Crippen LogP contribution in [0.25, 0.3) is 22.0 Å².